The number of carbonyl (C=O) groups is 1. The Labute approximate surface area is 109 Å². The fraction of sp³-hybridized carbons (Fsp3) is 0.538. The molecule has 1 rings (SSSR count). The second-order valence-corrected chi connectivity index (χ2v) is 4.65. The van der Waals surface area contributed by atoms with Crippen molar-refractivity contribution in [3.8, 4) is 0 Å². The van der Waals surface area contributed by atoms with Gasteiger partial charge in [0.15, 0.2) is 0 Å². The normalized spacial score (nSPS) is 12.3. The van der Waals surface area contributed by atoms with E-state index in [4.69, 9.17) is 0 Å². The lowest BCUT2D eigenvalue weighted by Gasteiger charge is -2.16. The fourth-order valence-corrected chi connectivity index (χ4v) is 1.54. The van der Waals surface area contributed by atoms with E-state index >= 15 is 0 Å². The van der Waals surface area contributed by atoms with Crippen LogP contribution in [0.2, 0.25) is 0 Å². The fourth-order valence-electron chi connectivity index (χ4n) is 1.54. The minimum atomic E-state index is -0.0554. The molecule has 1 unspecified atom stereocenters. The van der Waals surface area contributed by atoms with E-state index in [1.54, 1.807) is 25.4 Å². The van der Waals surface area contributed by atoms with E-state index in [1.165, 1.54) is 0 Å². The Bertz CT molecular complexity index is 392. The summed E-state index contributed by atoms with van der Waals surface area (Å²) in [5.41, 5.74) is 0.631. The maximum absolute atomic E-state index is 12.0. The molecule has 0 aliphatic heterocycles. The van der Waals surface area contributed by atoms with E-state index < -0.39 is 0 Å². The van der Waals surface area contributed by atoms with E-state index in [0.717, 1.165) is 13.0 Å². The van der Waals surface area contributed by atoms with Crippen molar-refractivity contribution in [2.45, 2.75) is 19.4 Å². The van der Waals surface area contributed by atoms with Gasteiger partial charge in [-0.1, -0.05) is 0 Å². The average Bonchev–Trinajstić information content (AvgIpc) is 2.36. The van der Waals surface area contributed by atoms with Gasteiger partial charge in [-0.25, -0.2) is 4.98 Å². The zero-order valence-corrected chi connectivity index (χ0v) is 11.5. The highest BCUT2D eigenvalue weighted by molar-refractivity contribution is 5.94. The summed E-state index contributed by atoms with van der Waals surface area (Å²) in [6, 6.07) is 3.62. The van der Waals surface area contributed by atoms with E-state index in [-0.39, 0.29) is 11.9 Å². The monoisotopic (exact) mass is 250 g/mol. The van der Waals surface area contributed by atoms with Crippen LogP contribution in [-0.2, 0) is 0 Å². The summed E-state index contributed by atoms with van der Waals surface area (Å²) in [4.78, 5) is 18.2. The molecule has 0 aliphatic carbocycles. The van der Waals surface area contributed by atoms with Crippen LogP contribution in [-0.4, -0.2) is 49.5 Å². The van der Waals surface area contributed by atoms with Crippen LogP contribution in [0.3, 0.4) is 0 Å². The summed E-state index contributed by atoms with van der Waals surface area (Å²) in [7, 11) is 5.83. The average molecular weight is 250 g/mol. The first-order valence-corrected chi connectivity index (χ1v) is 6.12. The number of aromatic nitrogens is 1. The first-order valence-electron chi connectivity index (χ1n) is 6.12. The van der Waals surface area contributed by atoms with Crippen LogP contribution < -0.4 is 10.6 Å². The number of carbonyl (C=O) groups excluding carboxylic acids is 1. The van der Waals surface area contributed by atoms with Gasteiger partial charge in [0.05, 0.1) is 0 Å². The lowest BCUT2D eigenvalue weighted by Crippen LogP contribution is -2.34. The van der Waals surface area contributed by atoms with Gasteiger partial charge in [0, 0.05) is 24.8 Å². The smallest absolute Gasteiger partial charge is 0.251 e. The SMILES string of the molecule is CNc1cc(C(=O)NC(C)CCN(C)C)ccn1. The van der Waals surface area contributed by atoms with Gasteiger partial charge in [0.2, 0.25) is 0 Å². The maximum Gasteiger partial charge on any atom is 0.251 e. The molecule has 1 atom stereocenters. The third kappa shape index (κ3) is 4.71. The van der Waals surface area contributed by atoms with Crippen LogP contribution in [0.5, 0.6) is 0 Å². The number of amides is 1. The summed E-state index contributed by atoms with van der Waals surface area (Å²) in [6.45, 7) is 2.97. The Balaban J connectivity index is 2.53. The van der Waals surface area contributed by atoms with Gasteiger partial charge in [-0.2, -0.15) is 0 Å². The van der Waals surface area contributed by atoms with Gasteiger partial charge >= 0.3 is 0 Å². The molecule has 100 valence electrons. The number of pyridine rings is 1. The van der Waals surface area contributed by atoms with Crippen LogP contribution in [0.1, 0.15) is 23.7 Å². The van der Waals surface area contributed by atoms with E-state index in [2.05, 4.69) is 20.5 Å². The molecule has 1 aromatic rings. The summed E-state index contributed by atoms with van der Waals surface area (Å²) >= 11 is 0. The van der Waals surface area contributed by atoms with Crippen LogP contribution in [0.15, 0.2) is 18.3 Å². The Kier molecular flexibility index (Phi) is 5.58. The number of nitrogens with zero attached hydrogens (tertiary/aromatic N) is 2. The molecule has 5 nitrogen and oxygen atoms in total. The molecule has 0 spiro atoms. The minimum Gasteiger partial charge on any atom is -0.373 e. The van der Waals surface area contributed by atoms with Crippen molar-refractivity contribution in [3.63, 3.8) is 0 Å². The van der Waals surface area contributed by atoms with Gasteiger partial charge in [-0.15, -0.1) is 0 Å². The Morgan fingerprint density at radius 2 is 2.22 bits per heavy atom. The van der Waals surface area contributed by atoms with Crippen molar-refractivity contribution in [2.75, 3.05) is 33.0 Å². The molecule has 1 amide bonds. The highest BCUT2D eigenvalue weighted by Crippen LogP contribution is 2.06. The maximum atomic E-state index is 12.0. The van der Waals surface area contributed by atoms with Crippen molar-refractivity contribution >= 4 is 11.7 Å². The third-order valence-corrected chi connectivity index (χ3v) is 2.67. The molecule has 0 bridgehead atoms. The van der Waals surface area contributed by atoms with Crippen LogP contribution in [0.25, 0.3) is 0 Å². The number of hydrogen-bond acceptors (Lipinski definition) is 4. The lowest BCUT2D eigenvalue weighted by molar-refractivity contribution is 0.0936. The summed E-state index contributed by atoms with van der Waals surface area (Å²) in [5.74, 6) is 0.642. The predicted octanol–water partition coefficient (Wildman–Crippen LogP) is 1.19. The molecule has 0 aliphatic rings. The number of nitrogens with one attached hydrogen (secondary N) is 2. The van der Waals surface area contributed by atoms with Crippen LogP contribution in [0.4, 0.5) is 5.82 Å². The first-order chi connectivity index (χ1) is 8.52. The first kappa shape index (κ1) is 14.4. The lowest BCUT2D eigenvalue weighted by atomic mass is 10.2. The highest BCUT2D eigenvalue weighted by atomic mass is 16.1. The molecular weight excluding hydrogens is 228 g/mol. The van der Waals surface area contributed by atoms with Gasteiger partial charge < -0.3 is 15.5 Å². The van der Waals surface area contributed by atoms with E-state index in [0.29, 0.717) is 11.4 Å². The molecule has 0 radical (unpaired) electrons. The molecule has 0 saturated carbocycles. The van der Waals surface area contributed by atoms with Crippen LogP contribution in [0, 0.1) is 0 Å². The molecule has 5 heteroatoms. The van der Waals surface area contributed by atoms with Crippen molar-refractivity contribution in [3.05, 3.63) is 23.9 Å². The van der Waals surface area contributed by atoms with Gasteiger partial charge in [0.1, 0.15) is 5.82 Å². The summed E-state index contributed by atoms with van der Waals surface area (Å²) in [5, 5.41) is 5.90. The third-order valence-electron chi connectivity index (χ3n) is 2.67. The Morgan fingerprint density at radius 1 is 1.50 bits per heavy atom. The molecule has 0 aromatic carbocycles. The van der Waals surface area contributed by atoms with Gasteiger partial charge in [0.25, 0.3) is 5.91 Å². The zero-order valence-electron chi connectivity index (χ0n) is 11.5. The second-order valence-electron chi connectivity index (χ2n) is 4.65. The Hall–Kier alpha value is -1.62. The molecule has 1 aromatic heterocycles. The zero-order chi connectivity index (χ0) is 13.5. The summed E-state index contributed by atoms with van der Waals surface area (Å²) in [6.07, 6.45) is 2.56. The van der Waals surface area contributed by atoms with Crippen molar-refractivity contribution in [1.82, 2.24) is 15.2 Å². The van der Waals surface area contributed by atoms with Crippen molar-refractivity contribution in [1.29, 1.82) is 0 Å². The molecule has 0 fully saturated rings. The molecule has 2 N–H and O–H groups in total. The number of anilines is 1. The molecule has 1 heterocycles. The topological polar surface area (TPSA) is 57.3 Å². The molecular formula is C13H22N4O. The van der Waals surface area contributed by atoms with Crippen molar-refractivity contribution < 1.29 is 4.79 Å². The predicted molar refractivity (Wildman–Crippen MR) is 73.9 cm³/mol. The number of hydrogen-bond donors (Lipinski definition) is 2. The van der Waals surface area contributed by atoms with E-state index in [9.17, 15) is 4.79 Å². The summed E-state index contributed by atoms with van der Waals surface area (Å²) < 4.78 is 0. The second kappa shape index (κ2) is 6.96. The number of rotatable bonds is 6. The molecule has 0 saturated heterocycles. The standard InChI is InChI=1S/C13H22N4O/c1-10(6-8-17(3)4)16-13(18)11-5-7-15-12(9-11)14-2/h5,7,9-10H,6,8H2,1-4H3,(H,14,15)(H,16,18). The van der Waals surface area contributed by atoms with E-state index in [1.807, 2.05) is 21.0 Å². The quantitative estimate of drug-likeness (QED) is 0.796. The highest BCUT2D eigenvalue weighted by Gasteiger charge is 2.10. The molecule has 18 heavy (non-hydrogen) atoms. The Morgan fingerprint density at radius 3 is 2.83 bits per heavy atom. The largest absolute Gasteiger partial charge is 0.373 e. The van der Waals surface area contributed by atoms with Crippen LogP contribution >= 0.6 is 0 Å². The van der Waals surface area contributed by atoms with Crippen molar-refractivity contribution in [2.24, 2.45) is 0 Å². The van der Waals surface area contributed by atoms with Gasteiger partial charge in [-0.05, 0) is 46.1 Å². The van der Waals surface area contributed by atoms with Gasteiger partial charge in [-0.3, -0.25) is 4.79 Å². The minimum absolute atomic E-state index is 0.0554.